The number of nitrogens with two attached hydrogens (primary N) is 1. The number of aryl methyl sites for hydroxylation is 2. The predicted molar refractivity (Wildman–Crippen MR) is 79.3 cm³/mol. The number of rotatable bonds is 3. The highest BCUT2D eigenvalue weighted by Crippen LogP contribution is 2.29. The average Bonchev–Trinajstić information content (AvgIpc) is 2.37. The molecule has 0 saturated carbocycles. The molecule has 2 aromatic rings. The number of hydrogen-bond acceptors (Lipinski definition) is 3. The summed E-state index contributed by atoms with van der Waals surface area (Å²) in [6.45, 7) is 3.92. The van der Waals surface area contributed by atoms with Crippen LogP contribution in [0.5, 0.6) is 0 Å². The van der Waals surface area contributed by atoms with Gasteiger partial charge >= 0.3 is 0 Å². The summed E-state index contributed by atoms with van der Waals surface area (Å²) in [4.78, 5) is 4.45. The van der Waals surface area contributed by atoms with Crippen molar-refractivity contribution in [2.75, 3.05) is 0 Å². The minimum absolute atomic E-state index is 0.164. The molecule has 1 aromatic heterocycles. The fourth-order valence-corrected chi connectivity index (χ4v) is 2.37. The molecule has 19 heavy (non-hydrogen) atoms. The van der Waals surface area contributed by atoms with Gasteiger partial charge in [0.15, 0.2) is 0 Å². The molecule has 1 unspecified atom stereocenters. The standard InChI is InChI=1S/C14H15Cl2N3/c1-8-3-5-11(9(2)18-8)14(19-17)10-4-6-12(15)13(16)7-10/h3-7,14,19H,17H2,1-2H3. The highest BCUT2D eigenvalue weighted by molar-refractivity contribution is 6.42. The van der Waals surface area contributed by atoms with Gasteiger partial charge in [-0.1, -0.05) is 35.3 Å². The summed E-state index contributed by atoms with van der Waals surface area (Å²) in [5.74, 6) is 5.68. The Labute approximate surface area is 122 Å². The van der Waals surface area contributed by atoms with E-state index in [2.05, 4.69) is 10.4 Å². The number of halogens is 2. The van der Waals surface area contributed by atoms with Crippen molar-refractivity contribution < 1.29 is 0 Å². The van der Waals surface area contributed by atoms with Gasteiger partial charge in [-0.05, 0) is 43.2 Å². The van der Waals surface area contributed by atoms with E-state index in [1.54, 1.807) is 6.07 Å². The number of hydrazine groups is 1. The molecule has 0 aliphatic heterocycles. The van der Waals surface area contributed by atoms with Gasteiger partial charge in [0.25, 0.3) is 0 Å². The Balaban J connectivity index is 2.46. The van der Waals surface area contributed by atoms with Gasteiger partial charge in [0.1, 0.15) is 0 Å². The van der Waals surface area contributed by atoms with Gasteiger partial charge < -0.3 is 0 Å². The summed E-state index contributed by atoms with van der Waals surface area (Å²) in [6, 6.07) is 9.30. The molecular formula is C14H15Cl2N3. The van der Waals surface area contributed by atoms with Gasteiger partial charge in [0, 0.05) is 11.4 Å². The molecule has 0 aliphatic rings. The molecule has 0 radical (unpaired) electrons. The maximum Gasteiger partial charge on any atom is 0.0728 e. The van der Waals surface area contributed by atoms with Gasteiger partial charge in [-0.2, -0.15) is 0 Å². The van der Waals surface area contributed by atoms with Crippen LogP contribution in [-0.2, 0) is 0 Å². The number of hydrogen-bond donors (Lipinski definition) is 2. The zero-order valence-corrected chi connectivity index (χ0v) is 12.3. The van der Waals surface area contributed by atoms with Crippen molar-refractivity contribution in [3.05, 3.63) is 62.9 Å². The van der Waals surface area contributed by atoms with Crippen LogP contribution >= 0.6 is 23.2 Å². The summed E-state index contributed by atoms with van der Waals surface area (Å²) >= 11 is 12.0. The first-order valence-corrected chi connectivity index (χ1v) is 6.63. The van der Waals surface area contributed by atoms with Crippen LogP contribution in [0, 0.1) is 13.8 Å². The maximum atomic E-state index is 6.05. The Morgan fingerprint density at radius 2 is 1.84 bits per heavy atom. The predicted octanol–water partition coefficient (Wildman–Crippen LogP) is 3.56. The van der Waals surface area contributed by atoms with E-state index < -0.39 is 0 Å². The molecule has 0 saturated heterocycles. The summed E-state index contributed by atoms with van der Waals surface area (Å²) in [5, 5.41) is 1.04. The van der Waals surface area contributed by atoms with Crippen molar-refractivity contribution in [2.24, 2.45) is 5.84 Å². The lowest BCUT2D eigenvalue weighted by Gasteiger charge is -2.19. The third-order valence-corrected chi connectivity index (χ3v) is 3.76. The molecule has 0 aliphatic carbocycles. The Kier molecular flexibility index (Phi) is 4.42. The molecule has 0 amide bonds. The number of nitrogens with zero attached hydrogens (tertiary/aromatic N) is 1. The van der Waals surface area contributed by atoms with Gasteiger partial charge in [-0.25, -0.2) is 5.43 Å². The Morgan fingerprint density at radius 1 is 1.11 bits per heavy atom. The van der Waals surface area contributed by atoms with Crippen molar-refractivity contribution in [3.63, 3.8) is 0 Å². The number of pyridine rings is 1. The molecule has 0 bridgehead atoms. The van der Waals surface area contributed by atoms with Crippen molar-refractivity contribution in [3.8, 4) is 0 Å². The second-order valence-corrected chi connectivity index (χ2v) is 5.21. The van der Waals surface area contributed by atoms with Crippen molar-refractivity contribution >= 4 is 23.2 Å². The molecule has 100 valence electrons. The second-order valence-electron chi connectivity index (χ2n) is 4.40. The lowest BCUT2D eigenvalue weighted by molar-refractivity contribution is 0.630. The molecule has 0 fully saturated rings. The SMILES string of the molecule is Cc1ccc(C(NN)c2ccc(Cl)c(Cl)c2)c(C)n1. The Hall–Kier alpha value is -1.13. The van der Waals surface area contributed by atoms with Crippen LogP contribution in [0.4, 0.5) is 0 Å². The summed E-state index contributed by atoms with van der Waals surface area (Å²) < 4.78 is 0. The highest BCUT2D eigenvalue weighted by atomic mass is 35.5. The Morgan fingerprint density at radius 3 is 2.42 bits per heavy atom. The van der Waals surface area contributed by atoms with Gasteiger partial charge in [-0.15, -0.1) is 0 Å². The molecule has 2 rings (SSSR count). The first kappa shape index (κ1) is 14.3. The van der Waals surface area contributed by atoms with Crippen LogP contribution in [-0.4, -0.2) is 4.98 Å². The molecular weight excluding hydrogens is 281 g/mol. The first-order chi connectivity index (χ1) is 9.02. The van der Waals surface area contributed by atoms with Crippen molar-refractivity contribution in [1.29, 1.82) is 0 Å². The van der Waals surface area contributed by atoms with E-state index in [0.717, 1.165) is 22.5 Å². The zero-order chi connectivity index (χ0) is 14.0. The fraction of sp³-hybridized carbons (Fsp3) is 0.214. The molecule has 1 heterocycles. The van der Waals surface area contributed by atoms with Crippen LogP contribution in [0.3, 0.4) is 0 Å². The highest BCUT2D eigenvalue weighted by Gasteiger charge is 2.16. The average molecular weight is 296 g/mol. The normalized spacial score (nSPS) is 12.5. The monoisotopic (exact) mass is 295 g/mol. The molecule has 3 nitrogen and oxygen atoms in total. The molecule has 1 atom stereocenters. The summed E-state index contributed by atoms with van der Waals surface area (Å²) in [5.41, 5.74) is 6.69. The number of nitrogens with one attached hydrogen (secondary N) is 1. The maximum absolute atomic E-state index is 6.05. The minimum Gasteiger partial charge on any atom is -0.271 e. The molecule has 0 spiro atoms. The lowest BCUT2D eigenvalue weighted by Crippen LogP contribution is -2.29. The quantitative estimate of drug-likeness (QED) is 0.672. The number of aromatic nitrogens is 1. The molecule has 5 heteroatoms. The van der Waals surface area contributed by atoms with E-state index in [9.17, 15) is 0 Å². The van der Waals surface area contributed by atoms with Crippen LogP contribution in [0.25, 0.3) is 0 Å². The first-order valence-electron chi connectivity index (χ1n) is 5.88. The van der Waals surface area contributed by atoms with Crippen LogP contribution in [0.1, 0.15) is 28.6 Å². The topological polar surface area (TPSA) is 50.9 Å². The van der Waals surface area contributed by atoms with Gasteiger partial charge in [0.05, 0.1) is 16.1 Å². The summed E-state index contributed by atoms with van der Waals surface area (Å²) in [6.07, 6.45) is 0. The van der Waals surface area contributed by atoms with E-state index in [4.69, 9.17) is 29.0 Å². The lowest BCUT2D eigenvalue weighted by atomic mass is 9.98. The largest absolute Gasteiger partial charge is 0.271 e. The van der Waals surface area contributed by atoms with Gasteiger partial charge in [0.2, 0.25) is 0 Å². The zero-order valence-electron chi connectivity index (χ0n) is 10.7. The minimum atomic E-state index is -0.164. The molecule has 3 N–H and O–H groups in total. The molecule has 1 aromatic carbocycles. The van der Waals surface area contributed by atoms with Crippen molar-refractivity contribution in [2.45, 2.75) is 19.9 Å². The second kappa shape index (κ2) is 5.88. The fourth-order valence-electron chi connectivity index (χ4n) is 2.06. The summed E-state index contributed by atoms with van der Waals surface area (Å²) in [7, 11) is 0. The van der Waals surface area contributed by atoms with E-state index >= 15 is 0 Å². The van der Waals surface area contributed by atoms with E-state index in [-0.39, 0.29) is 6.04 Å². The van der Waals surface area contributed by atoms with Crippen molar-refractivity contribution in [1.82, 2.24) is 10.4 Å². The van der Waals surface area contributed by atoms with E-state index in [0.29, 0.717) is 10.0 Å². The third-order valence-electron chi connectivity index (χ3n) is 3.02. The number of benzene rings is 1. The van der Waals surface area contributed by atoms with E-state index in [1.807, 2.05) is 38.1 Å². The van der Waals surface area contributed by atoms with Crippen LogP contribution in [0.15, 0.2) is 30.3 Å². The third kappa shape index (κ3) is 3.07. The van der Waals surface area contributed by atoms with Crippen LogP contribution in [0.2, 0.25) is 10.0 Å². The van der Waals surface area contributed by atoms with E-state index in [1.165, 1.54) is 0 Å². The van der Waals surface area contributed by atoms with Crippen LogP contribution < -0.4 is 11.3 Å². The Bertz CT molecular complexity index is 599. The smallest absolute Gasteiger partial charge is 0.0728 e. The van der Waals surface area contributed by atoms with Gasteiger partial charge in [-0.3, -0.25) is 10.8 Å².